The van der Waals surface area contributed by atoms with Gasteiger partial charge in [0.2, 0.25) is 0 Å². The molecule has 0 fully saturated rings. The number of hydrogen-bond donors (Lipinski definition) is 2. The highest BCUT2D eigenvalue weighted by Crippen LogP contribution is 2.36. The van der Waals surface area contributed by atoms with E-state index >= 15 is 0 Å². The molecule has 3 rings (SSSR count). The molecule has 11 heteroatoms. The molecular formula is C15H12ClN3O5S2. The average Bonchev–Trinajstić information content (AvgIpc) is 2.61. The summed E-state index contributed by atoms with van der Waals surface area (Å²) >= 11 is 6.80. The van der Waals surface area contributed by atoms with Gasteiger partial charge in [0.25, 0.3) is 0 Å². The Morgan fingerprint density at radius 3 is 2.65 bits per heavy atom. The lowest BCUT2D eigenvalue weighted by Gasteiger charge is -2.17. The van der Waals surface area contributed by atoms with E-state index in [1.165, 1.54) is 43.5 Å². The van der Waals surface area contributed by atoms with Crippen LogP contribution in [0.1, 0.15) is 0 Å². The fourth-order valence-corrected chi connectivity index (χ4v) is 3.65. The maximum Gasteiger partial charge on any atom is 0.412 e. The summed E-state index contributed by atoms with van der Waals surface area (Å²) in [7, 11) is -2.74. The Bertz CT molecular complexity index is 977. The standard InChI is InChI=1S/C15H12ClN3O5S2/c1-23-15(20)18-14-17-12-7-4-10(8-13(12)19-25-14)24-26(21,22)11-5-2-9(16)3-6-11/h2-8,19H,1H3,(H,17,18,20). The van der Waals surface area contributed by atoms with Crippen LogP contribution in [0.4, 0.5) is 16.2 Å². The number of alkyl carbamates (subject to hydrolysis) is 1. The molecule has 2 N–H and O–H groups in total. The van der Waals surface area contributed by atoms with E-state index in [9.17, 15) is 13.2 Å². The number of carbonyl (C=O) groups excluding carboxylic acids is 1. The number of methoxy groups -OCH3 is 1. The van der Waals surface area contributed by atoms with Crippen LogP contribution in [0.15, 0.2) is 52.4 Å². The fourth-order valence-electron chi connectivity index (χ4n) is 1.95. The Hall–Kier alpha value is -2.43. The number of rotatable bonds is 3. The molecule has 1 amide bonds. The fraction of sp³-hybridized carbons (Fsp3) is 0.0667. The quantitative estimate of drug-likeness (QED) is 0.585. The summed E-state index contributed by atoms with van der Waals surface area (Å²) in [5.41, 5.74) is 1.04. The smallest absolute Gasteiger partial charge is 0.412 e. The second kappa shape index (κ2) is 7.44. The van der Waals surface area contributed by atoms with Gasteiger partial charge in [0.1, 0.15) is 10.6 Å². The summed E-state index contributed by atoms with van der Waals surface area (Å²) in [5, 5.41) is 3.16. The van der Waals surface area contributed by atoms with Crippen LogP contribution in [0.25, 0.3) is 0 Å². The molecule has 1 aliphatic rings. The molecule has 0 saturated heterocycles. The molecule has 1 aliphatic heterocycles. The number of anilines is 1. The molecule has 0 radical (unpaired) electrons. The van der Waals surface area contributed by atoms with Crippen LogP contribution in [-0.4, -0.2) is 26.8 Å². The maximum absolute atomic E-state index is 12.3. The molecule has 8 nitrogen and oxygen atoms in total. The van der Waals surface area contributed by atoms with Gasteiger partial charge in [-0.05, 0) is 36.4 Å². The first kappa shape index (κ1) is 18.4. The zero-order valence-corrected chi connectivity index (χ0v) is 15.6. The first-order valence-corrected chi connectivity index (χ1v) is 9.68. The maximum atomic E-state index is 12.3. The van der Waals surface area contributed by atoms with Gasteiger partial charge in [-0.15, -0.1) is 0 Å². The molecule has 136 valence electrons. The van der Waals surface area contributed by atoms with E-state index in [1.54, 1.807) is 6.07 Å². The molecule has 0 aliphatic carbocycles. The van der Waals surface area contributed by atoms with Gasteiger partial charge in [-0.2, -0.15) is 8.42 Å². The van der Waals surface area contributed by atoms with Crippen molar-refractivity contribution in [1.29, 1.82) is 0 Å². The number of amidine groups is 1. The number of carbonyl (C=O) groups is 1. The monoisotopic (exact) mass is 413 g/mol. The number of hydrogen-bond acceptors (Lipinski definition) is 8. The lowest BCUT2D eigenvalue weighted by molar-refractivity contribution is 0.177. The first-order chi connectivity index (χ1) is 12.4. The number of nitrogens with one attached hydrogen (secondary N) is 2. The topological polar surface area (TPSA) is 106 Å². The summed E-state index contributed by atoms with van der Waals surface area (Å²) in [6, 6.07) is 10.2. The van der Waals surface area contributed by atoms with Crippen LogP contribution in [0.2, 0.25) is 5.02 Å². The van der Waals surface area contributed by atoms with E-state index in [4.69, 9.17) is 15.8 Å². The molecule has 0 saturated carbocycles. The van der Waals surface area contributed by atoms with E-state index in [0.717, 1.165) is 11.9 Å². The van der Waals surface area contributed by atoms with Crippen molar-refractivity contribution in [2.75, 3.05) is 11.8 Å². The molecule has 0 spiro atoms. The predicted octanol–water partition coefficient (Wildman–Crippen LogP) is 3.52. The molecule has 2 aromatic rings. The van der Waals surface area contributed by atoms with Crippen molar-refractivity contribution in [2.24, 2.45) is 4.99 Å². The second-order valence-corrected chi connectivity index (χ2v) is 7.69. The molecule has 2 aromatic carbocycles. The Balaban J connectivity index is 1.80. The van der Waals surface area contributed by atoms with Crippen molar-refractivity contribution in [1.82, 2.24) is 5.32 Å². The Kier molecular flexibility index (Phi) is 5.25. The third kappa shape index (κ3) is 4.21. The number of amides is 1. The average molecular weight is 414 g/mol. The Labute approximate surface area is 158 Å². The molecule has 26 heavy (non-hydrogen) atoms. The minimum atomic E-state index is -3.99. The number of ether oxygens (including phenoxy) is 1. The minimum absolute atomic E-state index is 0.00969. The van der Waals surface area contributed by atoms with E-state index in [2.05, 4.69) is 19.8 Å². The van der Waals surface area contributed by atoms with E-state index in [1.807, 2.05) is 0 Å². The van der Waals surface area contributed by atoms with Gasteiger partial charge >= 0.3 is 16.2 Å². The summed E-state index contributed by atoms with van der Waals surface area (Å²) in [6.45, 7) is 0. The van der Waals surface area contributed by atoms with Gasteiger partial charge in [0, 0.05) is 23.0 Å². The van der Waals surface area contributed by atoms with Crippen LogP contribution in [0.5, 0.6) is 5.75 Å². The highest BCUT2D eigenvalue weighted by atomic mass is 35.5. The van der Waals surface area contributed by atoms with Gasteiger partial charge in [-0.25, -0.2) is 9.79 Å². The van der Waals surface area contributed by atoms with Crippen molar-refractivity contribution in [3.8, 4) is 5.75 Å². The summed E-state index contributed by atoms with van der Waals surface area (Å²) in [4.78, 5) is 15.4. The largest absolute Gasteiger partial charge is 0.453 e. The van der Waals surface area contributed by atoms with Crippen LogP contribution >= 0.6 is 23.5 Å². The SMILES string of the molecule is COC(=O)NC1=Nc2ccc(OS(=O)(=O)c3ccc(Cl)cc3)cc2NS1. The number of fused-ring (bicyclic) bond motifs is 1. The van der Waals surface area contributed by atoms with Crippen LogP contribution in [0.3, 0.4) is 0 Å². The predicted molar refractivity (Wildman–Crippen MR) is 99.6 cm³/mol. The number of benzene rings is 2. The number of halogens is 1. The zero-order valence-electron chi connectivity index (χ0n) is 13.2. The first-order valence-electron chi connectivity index (χ1n) is 7.08. The van der Waals surface area contributed by atoms with Crippen LogP contribution < -0.4 is 14.2 Å². The van der Waals surface area contributed by atoms with Crippen molar-refractivity contribution >= 4 is 56.3 Å². The van der Waals surface area contributed by atoms with Crippen molar-refractivity contribution < 1.29 is 22.1 Å². The van der Waals surface area contributed by atoms with Gasteiger partial charge < -0.3 is 13.6 Å². The highest BCUT2D eigenvalue weighted by Gasteiger charge is 2.19. The summed E-state index contributed by atoms with van der Waals surface area (Å²) in [5.74, 6) is 0.117. The molecule has 0 atom stereocenters. The molecule has 0 aromatic heterocycles. The van der Waals surface area contributed by atoms with Gasteiger partial charge in [0.15, 0.2) is 5.17 Å². The summed E-state index contributed by atoms with van der Waals surface area (Å²) in [6.07, 6.45) is -0.643. The van der Waals surface area contributed by atoms with Gasteiger partial charge in [-0.1, -0.05) is 11.6 Å². The normalized spacial score (nSPS) is 13.1. The van der Waals surface area contributed by atoms with Crippen LogP contribution in [-0.2, 0) is 14.9 Å². The number of nitrogens with zero attached hydrogens (tertiary/aromatic N) is 1. The minimum Gasteiger partial charge on any atom is -0.453 e. The molecule has 0 unspecified atom stereocenters. The summed E-state index contributed by atoms with van der Waals surface area (Å²) < 4.78 is 37.2. The second-order valence-electron chi connectivity index (χ2n) is 4.91. The van der Waals surface area contributed by atoms with Crippen molar-refractivity contribution in [3.63, 3.8) is 0 Å². The van der Waals surface area contributed by atoms with E-state index in [0.29, 0.717) is 21.6 Å². The highest BCUT2D eigenvalue weighted by molar-refractivity contribution is 8.15. The molecular weight excluding hydrogens is 402 g/mol. The zero-order chi connectivity index (χ0) is 18.7. The third-order valence-electron chi connectivity index (χ3n) is 3.15. The lowest BCUT2D eigenvalue weighted by Crippen LogP contribution is -2.29. The van der Waals surface area contributed by atoms with Crippen molar-refractivity contribution in [2.45, 2.75) is 4.90 Å². The molecule has 1 heterocycles. The third-order valence-corrected chi connectivity index (χ3v) is 5.37. The van der Waals surface area contributed by atoms with Crippen LogP contribution in [0, 0.1) is 0 Å². The lowest BCUT2D eigenvalue weighted by atomic mass is 10.2. The van der Waals surface area contributed by atoms with Crippen molar-refractivity contribution in [3.05, 3.63) is 47.5 Å². The van der Waals surface area contributed by atoms with Gasteiger partial charge in [-0.3, -0.25) is 5.32 Å². The Morgan fingerprint density at radius 1 is 1.23 bits per heavy atom. The number of aliphatic imine (C=N–C) groups is 1. The van der Waals surface area contributed by atoms with E-state index < -0.39 is 16.2 Å². The molecule has 0 bridgehead atoms. The van der Waals surface area contributed by atoms with Gasteiger partial charge in [0.05, 0.1) is 18.5 Å². The van der Waals surface area contributed by atoms with E-state index in [-0.39, 0.29) is 10.6 Å². The Morgan fingerprint density at radius 2 is 1.96 bits per heavy atom.